The minimum absolute atomic E-state index is 0.239. The topological polar surface area (TPSA) is 46.6 Å². The molecule has 4 nitrogen and oxygen atoms in total. The third-order valence-electron chi connectivity index (χ3n) is 2.67. The van der Waals surface area contributed by atoms with Gasteiger partial charge in [0.25, 0.3) is 0 Å². The van der Waals surface area contributed by atoms with Crippen molar-refractivity contribution in [2.75, 3.05) is 26.8 Å². The largest absolute Gasteiger partial charge is 0.383 e. The molecule has 0 aliphatic heterocycles. The quantitative estimate of drug-likeness (QED) is 0.693. The Morgan fingerprint density at radius 2 is 2.11 bits per heavy atom. The van der Waals surface area contributed by atoms with E-state index in [1.807, 2.05) is 0 Å². The van der Waals surface area contributed by atoms with Gasteiger partial charge in [-0.05, 0) is 33.6 Å². The van der Waals surface area contributed by atoms with Crippen molar-refractivity contribution in [2.45, 2.75) is 17.7 Å². The zero-order valence-corrected chi connectivity index (χ0v) is 14.1. The van der Waals surface area contributed by atoms with E-state index in [-0.39, 0.29) is 10.8 Å². The first-order valence-electron chi connectivity index (χ1n) is 5.80. The second-order valence-corrected chi connectivity index (χ2v) is 6.92. The molecule has 0 saturated carbocycles. The van der Waals surface area contributed by atoms with Gasteiger partial charge in [0.2, 0.25) is 10.0 Å². The number of hydrogen-bond acceptors (Lipinski definition) is 3. The summed E-state index contributed by atoms with van der Waals surface area (Å²) in [6, 6.07) is 5.10. The first kappa shape index (κ1) is 16.9. The van der Waals surface area contributed by atoms with E-state index in [1.165, 1.54) is 4.31 Å². The summed E-state index contributed by atoms with van der Waals surface area (Å²) >= 11 is 9.04. The zero-order chi connectivity index (χ0) is 14.5. The van der Waals surface area contributed by atoms with Crippen LogP contribution in [0, 0.1) is 0 Å². The van der Waals surface area contributed by atoms with Crippen molar-refractivity contribution >= 4 is 37.6 Å². The van der Waals surface area contributed by atoms with Gasteiger partial charge >= 0.3 is 0 Å². The van der Waals surface area contributed by atoms with Crippen molar-refractivity contribution in [3.05, 3.63) is 28.2 Å². The molecule has 0 aliphatic carbocycles. The van der Waals surface area contributed by atoms with E-state index < -0.39 is 10.0 Å². The molecule has 108 valence electrons. The number of methoxy groups -OCH3 is 1. The van der Waals surface area contributed by atoms with Crippen LogP contribution in [0.5, 0.6) is 0 Å². The highest BCUT2D eigenvalue weighted by molar-refractivity contribution is 9.10. The average Bonchev–Trinajstić information content (AvgIpc) is 2.39. The zero-order valence-electron chi connectivity index (χ0n) is 10.9. The lowest BCUT2D eigenvalue weighted by molar-refractivity contribution is 0.180. The van der Waals surface area contributed by atoms with Gasteiger partial charge in [-0.2, -0.15) is 4.31 Å². The van der Waals surface area contributed by atoms with Crippen LogP contribution in [0.4, 0.5) is 0 Å². The summed E-state index contributed by atoms with van der Waals surface area (Å²) < 4.78 is 32.0. The highest BCUT2D eigenvalue weighted by Crippen LogP contribution is 2.26. The van der Waals surface area contributed by atoms with Gasteiger partial charge in [0.15, 0.2) is 0 Å². The fraction of sp³-hybridized carbons (Fsp3) is 0.500. The van der Waals surface area contributed by atoms with Crippen LogP contribution < -0.4 is 0 Å². The second-order valence-electron chi connectivity index (χ2n) is 3.89. The molecule has 0 bridgehead atoms. The molecule has 0 unspecified atom stereocenters. The molecule has 0 aliphatic rings. The van der Waals surface area contributed by atoms with Gasteiger partial charge in [0.05, 0.1) is 11.5 Å². The lowest BCUT2D eigenvalue weighted by Crippen LogP contribution is -2.34. The highest BCUT2D eigenvalue weighted by Gasteiger charge is 2.25. The lowest BCUT2D eigenvalue weighted by atomic mass is 10.2. The predicted molar refractivity (Wildman–Crippen MR) is 80.0 cm³/mol. The maximum Gasteiger partial charge on any atom is 0.244 e. The number of likely N-dealkylation sites (N-methyl/N-ethyl adjacent to an activating group) is 1. The predicted octanol–water partition coefficient (Wildman–Crippen LogP) is 2.84. The number of benzene rings is 1. The van der Waals surface area contributed by atoms with Gasteiger partial charge in [-0.15, -0.1) is 11.6 Å². The Morgan fingerprint density at radius 1 is 1.42 bits per heavy atom. The fourth-order valence-electron chi connectivity index (χ4n) is 1.61. The Hall–Kier alpha value is -0.140. The smallest absolute Gasteiger partial charge is 0.244 e. The van der Waals surface area contributed by atoms with E-state index in [0.29, 0.717) is 24.2 Å². The molecule has 0 fully saturated rings. The molecule has 0 spiro atoms. The van der Waals surface area contributed by atoms with Gasteiger partial charge < -0.3 is 4.74 Å². The summed E-state index contributed by atoms with van der Waals surface area (Å²) in [5, 5.41) is 0. The Kier molecular flexibility index (Phi) is 6.76. The maximum absolute atomic E-state index is 12.6. The summed E-state index contributed by atoms with van der Waals surface area (Å²) in [4.78, 5) is 0.239. The fourth-order valence-corrected chi connectivity index (χ4v) is 4.18. The standard InChI is InChI=1S/C12H17BrClNO3S/c1-3-15(6-7-18-2)19(16,17)12-8-10(9-14)4-5-11(12)13/h4-5,8H,3,6-7,9H2,1-2H3. The van der Waals surface area contributed by atoms with Crippen LogP contribution in [0.1, 0.15) is 12.5 Å². The van der Waals surface area contributed by atoms with Gasteiger partial charge in [0, 0.05) is 30.6 Å². The molecule has 0 radical (unpaired) electrons. The molecule has 19 heavy (non-hydrogen) atoms. The Bertz CT molecular complexity index is 522. The Balaban J connectivity index is 3.17. The third-order valence-corrected chi connectivity index (χ3v) is 5.94. The van der Waals surface area contributed by atoms with Crippen LogP contribution in [0.15, 0.2) is 27.6 Å². The van der Waals surface area contributed by atoms with Crippen LogP contribution in [0.25, 0.3) is 0 Å². The first-order chi connectivity index (χ1) is 8.97. The first-order valence-corrected chi connectivity index (χ1v) is 8.57. The minimum atomic E-state index is -3.54. The van der Waals surface area contributed by atoms with Crippen molar-refractivity contribution < 1.29 is 13.2 Å². The summed E-state index contributed by atoms with van der Waals surface area (Å²) in [5.74, 6) is 0.278. The number of sulfonamides is 1. The van der Waals surface area contributed by atoms with Gasteiger partial charge in [0.1, 0.15) is 0 Å². The van der Waals surface area contributed by atoms with Crippen molar-refractivity contribution in [1.29, 1.82) is 0 Å². The lowest BCUT2D eigenvalue weighted by Gasteiger charge is -2.21. The highest BCUT2D eigenvalue weighted by atomic mass is 79.9. The van der Waals surface area contributed by atoms with E-state index in [1.54, 1.807) is 32.2 Å². The number of nitrogens with zero attached hydrogens (tertiary/aromatic N) is 1. The molecule has 0 heterocycles. The van der Waals surface area contributed by atoms with Crippen LogP contribution in [-0.2, 0) is 20.6 Å². The number of hydrogen-bond donors (Lipinski definition) is 0. The van der Waals surface area contributed by atoms with E-state index in [4.69, 9.17) is 16.3 Å². The summed E-state index contributed by atoms with van der Waals surface area (Å²) in [6.45, 7) is 2.88. The molecule has 0 aromatic heterocycles. The average molecular weight is 371 g/mol. The number of halogens is 2. The molecular formula is C12H17BrClNO3S. The summed E-state index contributed by atoms with van der Waals surface area (Å²) in [5.41, 5.74) is 0.770. The molecule has 0 amide bonds. The van der Waals surface area contributed by atoms with Crippen molar-refractivity contribution in [3.63, 3.8) is 0 Å². The van der Waals surface area contributed by atoms with E-state index >= 15 is 0 Å². The number of alkyl halides is 1. The van der Waals surface area contributed by atoms with Crippen LogP contribution >= 0.6 is 27.5 Å². The molecule has 0 atom stereocenters. The van der Waals surface area contributed by atoms with Gasteiger partial charge in [-0.1, -0.05) is 13.0 Å². The van der Waals surface area contributed by atoms with Crippen molar-refractivity contribution in [2.24, 2.45) is 0 Å². The van der Waals surface area contributed by atoms with Crippen molar-refractivity contribution in [1.82, 2.24) is 4.31 Å². The van der Waals surface area contributed by atoms with E-state index in [2.05, 4.69) is 15.9 Å². The van der Waals surface area contributed by atoms with Crippen LogP contribution in [-0.4, -0.2) is 39.5 Å². The number of ether oxygens (including phenoxy) is 1. The maximum atomic E-state index is 12.6. The van der Waals surface area contributed by atoms with Gasteiger partial charge in [-0.25, -0.2) is 8.42 Å². The summed E-state index contributed by atoms with van der Waals surface area (Å²) in [7, 11) is -1.99. The van der Waals surface area contributed by atoms with Crippen LogP contribution in [0.3, 0.4) is 0 Å². The van der Waals surface area contributed by atoms with E-state index in [9.17, 15) is 8.42 Å². The number of rotatable bonds is 7. The molecule has 1 aromatic rings. The SMILES string of the molecule is CCN(CCOC)S(=O)(=O)c1cc(CCl)ccc1Br. The molecule has 7 heteroatoms. The minimum Gasteiger partial charge on any atom is -0.383 e. The van der Waals surface area contributed by atoms with Gasteiger partial charge in [-0.3, -0.25) is 0 Å². The normalized spacial score (nSPS) is 12.1. The van der Waals surface area contributed by atoms with Crippen LogP contribution in [0.2, 0.25) is 0 Å². The third kappa shape index (κ3) is 4.16. The monoisotopic (exact) mass is 369 g/mol. The Labute approximate surface area is 127 Å². The van der Waals surface area contributed by atoms with Crippen molar-refractivity contribution in [3.8, 4) is 0 Å². The molecule has 1 aromatic carbocycles. The van der Waals surface area contributed by atoms with E-state index in [0.717, 1.165) is 5.56 Å². The Morgan fingerprint density at radius 3 is 2.63 bits per heavy atom. The molecule has 0 saturated heterocycles. The molecule has 0 N–H and O–H groups in total. The molecule has 1 rings (SSSR count). The second kappa shape index (κ2) is 7.59. The summed E-state index contributed by atoms with van der Waals surface area (Å²) in [6.07, 6.45) is 0. The molecular weight excluding hydrogens is 354 g/mol.